The Bertz CT molecular complexity index is 629. The average molecular weight is 388 g/mol. The lowest BCUT2D eigenvalue weighted by atomic mass is 9.94. The van der Waals surface area contributed by atoms with Crippen LogP contribution in [-0.4, -0.2) is 79.0 Å². The van der Waals surface area contributed by atoms with E-state index < -0.39 is 0 Å². The zero-order valence-electron chi connectivity index (χ0n) is 17.0. The molecule has 2 fully saturated rings. The number of esters is 1. The number of likely N-dealkylation sites (tertiary alicyclic amines) is 1. The lowest BCUT2D eigenvalue weighted by Crippen LogP contribution is -2.43. The van der Waals surface area contributed by atoms with Crippen molar-refractivity contribution in [1.29, 1.82) is 0 Å². The van der Waals surface area contributed by atoms with Crippen LogP contribution in [0.2, 0.25) is 0 Å². The Morgan fingerprint density at radius 1 is 0.964 bits per heavy atom. The fourth-order valence-corrected chi connectivity index (χ4v) is 4.18. The van der Waals surface area contributed by atoms with Crippen LogP contribution in [0.5, 0.6) is 0 Å². The van der Waals surface area contributed by atoms with Gasteiger partial charge in [-0.3, -0.25) is 19.4 Å². The van der Waals surface area contributed by atoms with E-state index in [2.05, 4.69) is 34.1 Å². The second-order valence-electron chi connectivity index (χ2n) is 7.80. The van der Waals surface area contributed by atoms with Crippen LogP contribution in [0.3, 0.4) is 0 Å². The monoisotopic (exact) mass is 387 g/mol. The van der Waals surface area contributed by atoms with Gasteiger partial charge in [-0.15, -0.1) is 0 Å². The summed E-state index contributed by atoms with van der Waals surface area (Å²) in [5.74, 6) is 0.272. The second-order valence-corrected chi connectivity index (χ2v) is 7.80. The summed E-state index contributed by atoms with van der Waals surface area (Å²) in [5.41, 5.74) is 1.33. The first-order valence-electron chi connectivity index (χ1n) is 10.6. The van der Waals surface area contributed by atoms with Crippen molar-refractivity contribution < 1.29 is 14.3 Å². The molecule has 28 heavy (non-hydrogen) atoms. The molecule has 6 heteroatoms. The van der Waals surface area contributed by atoms with Crippen molar-refractivity contribution in [3.05, 3.63) is 35.9 Å². The highest BCUT2D eigenvalue weighted by Crippen LogP contribution is 2.22. The first-order chi connectivity index (χ1) is 13.7. The Balaban J connectivity index is 1.43. The summed E-state index contributed by atoms with van der Waals surface area (Å²) in [6.07, 6.45) is 2.79. The van der Waals surface area contributed by atoms with Crippen LogP contribution in [0, 0.1) is 5.92 Å². The van der Waals surface area contributed by atoms with Crippen LogP contribution in [0.4, 0.5) is 0 Å². The van der Waals surface area contributed by atoms with Gasteiger partial charge < -0.3 is 9.64 Å². The third-order valence-electron chi connectivity index (χ3n) is 5.74. The van der Waals surface area contributed by atoms with E-state index >= 15 is 0 Å². The zero-order chi connectivity index (χ0) is 19.8. The fraction of sp³-hybridized carbons (Fsp3) is 0.636. The molecule has 0 aromatic heterocycles. The second kappa shape index (κ2) is 10.6. The van der Waals surface area contributed by atoms with Crippen molar-refractivity contribution in [2.24, 2.45) is 5.92 Å². The Morgan fingerprint density at radius 3 is 2.43 bits per heavy atom. The molecule has 2 aliphatic rings. The Labute approximate surface area is 168 Å². The molecule has 0 aliphatic carbocycles. The van der Waals surface area contributed by atoms with Gasteiger partial charge in [-0.2, -0.15) is 0 Å². The fourth-order valence-electron chi connectivity index (χ4n) is 4.18. The minimum Gasteiger partial charge on any atom is -0.465 e. The van der Waals surface area contributed by atoms with Crippen LogP contribution >= 0.6 is 0 Å². The molecule has 154 valence electrons. The number of rotatable bonds is 6. The Morgan fingerprint density at radius 2 is 1.71 bits per heavy atom. The quantitative estimate of drug-likeness (QED) is 0.699. The van der Waals surface area contributed by atoms with Crippen LogP contribution in [-0.2, 0) is 20.9 Å². The van der Waals surface area contributed by atoms with Crippen LogP contribution in [0.15, 0.2) is 30.3 Å². The van der Waals surface area contributed by atoms with Gasteiger partial charge in [0.15, 0.2) is 0 Å². The van der Waals surface area contributed by atoms with Gasteiger partial charge in [-0.25, -0.2) is 0 Å². The molecule has 1 aromatic carbocycles. The molecule has 0 atom stereocenters. The van der Waals surface area contributed by atoms with Crippen molar-refractivity contribution in [3.8, 4) is 0 Å². The van der Waals surface area contributed by atoms with Gasteiger partial charge in [0.05, 0.1) is 13.2 Å². The summed E-state index contributed by atoms with van der Waals surface area (Å²) in [4.78, 5) is 31.3. The molecule has 3 rings (SSSR count). The number of carbonyl (C=O) groups is 2. The minimum absolute atomic E-state index is 0.142. The largest absolute Gasteiger partial charge is 0.465 e. The summed E-state index contributed by atoms with van der Waals surface area (Å²) in [5, 5.41) is 0. The molecule has 0 unspecified atom stereocenters. The summed E-state index contributed by atoms with van der Waals surface area (Å²) in [6, 6.07) is 10.5. The molecular formula is C22H33N3O3. The lowest BCUT2D eigenvalue weighted by Gasteiger charge is -2.34. The smallest absolute Gasteiger partial charge is 0.320 e. The van der Waals surface area contributed by atoms with Gasteiger partial charge in [0.25, 0.3) is 0 Å². The van der Waals surface area contributed by atoms with E-state index in [1.165, 1.54) is 5.56 Å². The molecule has 0 N–H and O–H groups in total. The Kier molecular flexibility index (Phi) is 7.86. The molecule has 0 bridgehead atoms. The van der Waals surface area contributed by atoms with E-state index in [1.54, 1.807) is 0 Å². The number of hydrogen-bond donors (Lipinski definition) is 0. The molecule has 2 heterocycles. The van der Waals surface area contributed by atoms with Crippen molar-refractivity contribution in [1.82, 2.24) is 14.7 Å². The summed E-state index contributed by atoms with van der Waals surface area (Å²) >= 11 is 0. The third-order valence-corrected chi connectivity index (χ3v) is 5.74. The highest BCUT2D eigenvalue weighted by Gasteiger charge is 2.29. The number of benzene rings is 1. The van der Waals surface area contributed by atoms with E-state index in [-0.39, 0.29) is 11.9 Å². The highest BCUT2D eigenvalue weighted by molar-refractivity contribution is 5.79. The first kappa shape index (κ1) is 20.8. The highest BCUT2D eigenvalue weighted by atomic mass is 16.5. The predicted octanol–water partition coefficient (Wildman–Crippen LogP) is 2.00. The third kappa shape index (κ3) is 6.04. The van der Waals surface area contributed by atoms with E-state index in [0.717, 1.165) is 58.5 Å². The minimum atomic E-state index is -0.173. The normalized spacial score (nSPS) is 20.0. The van der Waals surface area contributed by atoms with Crippen molar-refractivity contribution >= 4 is 11.9 Å². The van der Waals surface area contributed by atoms with E-state index in [9.17, 15) is 9.59 Å². The molecule has 0 spiro atoms. The number of nitrogens with zero attached hydrogens (tertiary/aromatic N) is 3. The van der Waals surface area contributed by atoms with Crippen molar-refractivity contribution in [3.63, 3.8) is 0 Å². The summed E-state index contributed by atoms with van der Waals surface area (Å²) in [7, 11) is 0. The van der Waals surface area contributed by atoms with Gasteiger partial charge in [0, 0.05) is 38.6 Å². The maximum atomic E-state index is 13.0. The van der Waals surface area contributed by atoms with E-state index in [0.29, 0.717) is 25.6 Å². The number of carbonyl (C=O) groups excluding carboxylic acids is 2. The van der Waals surface area contributed by atoms with Gasteiger partial charge in [-0.1, -0.05) is 30.3 Å². The van der Waals surface area contributed by atoms with Crippen LogP contribution in [0.1, 0.15) is 31.7 Å². The number of ether oxygens (including phenoxy) is 1. The van der Waals surface area contributed by atoms with Gasteiger partial charge >= 0.3 is 5.97 Å². The topological polar surface area (TPSA) is 53.1 Å². The van der Waals surface area contributed by atoms with Crippen LogP contribution < -0.4 is 0 Å². The SMILES string of the molecule is CCOC(=O)CN1CCCN(C(=O)C2CCN(Cc3ccccc3)CC2)CC1. The first-order valence-corrected chi connectivity index (χ1v) is 10.6. The molecule has 0 radical (unpaired) electrons. The molecule has 1 amide bonds. The van der Waals surface area contributed by atoms with Gasteiger partial charge in [0.1, 0.15) is 0 Å². The standard InChI is InChI=1S/C22H33N3O3/c1-2-28-21(26)18-23-11-6-12-25(16-15-23)22(27)20-9-13-24(14-10-20)17-19-7-4-3-5-8-19/h3-5,7-8,20H,2,6,9-18H2,1H3. The van der Waals surface area contributed by atoms with Crippen molar-refractivity contribution in [2.75, 3.05) is 52.4 Å². The van der Waals surface area contributed by atoms with Gasteiger partial charge in [0.2, 0.25) is 5.91 Å². The number of piperidine rings is 1. The molecule has 2 saturated heterocycles. The lowest BCUT2D eigenvalue weighted by molar-refractivity contribution is -0.144. The summed E-state index contributed by atoms with van der Waals surface area (Å²) in [6.45, 7) is 8.59. The average Bonchev–Trinajstić information content (AvgIpc) is 2.94. The van der Waals surface area contributed by atoms with Gasteiger partial charge in [-0.05, 0) is 44.8 Å². The number of amides is 1. The molecule has 6 nitrogen and oxygen atoms in total. The maximum Gasteiger partial charge on any atom is 0.320 e. The molecular weight excluding hydrogens is 354 g/mol. The predicted molar refractivity (Wildman–Crippen MR) is 109 cm³/mol. The zero-order valence-corrected chi connectivity index (χ0v) is 17.0. The van der Waals surface area contributed by atoms with E-state index in [1.807, 2.05) is 17.9 Å². The Hall–Kier alpha value is -1.92. The van der Waals surface area contributed by atoms with Crippen molar-refractivity contribution in [2.45, 2.75) is 32.7 Å². The van der Waals surface area contributed by atoms with Crippen LogP contribution in [0.25, 0.3) is 0 Å². The van der Waals surface area contributed by atoms with E-state index in [4.69, 9.17) is 4.74 Å². The number of hydrogen-bond acceptors (Lipinski definition) is 5. The molecule has 1 aromatic rings. The summed E-state index contributed by atoms with van der Waals surface area (Å²) < 4.78 is 5.04. The molecule has 2 aliphatic heterocycles. The molecule has 0 saturated carbocycles. The maximum absolute atomic E-state index is 13.0.